The fraction of sp³-hybridized carbons (Fsp3) is 0.355. The van der Waals surface area contributed by atoms with Gasteiger partial charge in [0.05, 0.1) is 11.3 Å². The third kappa shape index (κ3) is 5.56. The van der Waals surface area contributed by atoms with Gasteiger partial charge in [-0.25, -0.2) is 4.98 Å². The van der Waals surface area contributed by atoms with E-state index in [1.165, 1.54) is 0 Å². The Morgan fingerprint density at radius 1 is 1.02 bits per heavy atom. The smallest absolute Gasteiger partial charge is 0.256 e. The standard InChI is InChI=1S/C31H36N6O3/c1-4-26-31(40)36(3)27-17-21(22-10-13-33-28(32)18-22)8-9-25(27)30(39)37(26)19-20-6-5-7-23(16-20)29(38)34-24-11-14-35(2)15-12-24/h5-10,13,16-18,24,26H,4,11-12,14-15,19H2,1-3H3,(H2,32,33)(H,34,38)/t26-/m1/s1. The highest BCUT2D eigenvalue weighted by Gasteiger charge is 2.37. The van der Waals surface area contributed by atoms with Crippen LogP contribution in [-0.4, -0.2) is 71.8 Å². The first-order valence-corrected chi connectivity index (χ1v) is 13.8. The molecule has 1 aromatic heterocycles. The lowest BCUT2D eigenvalue weighted by molar-refractivity contribution is -0.122. The van der Waals surface area contributed by atoms with Crippen LogP contribution in [-0.2, 0) is 11.3 Å². The molecule has 9 nitrogen and oxygen atoms in total. The molecule has 0 unspecified atom stereocenters. The number of anilines is 2. The lowest BCUT2D eigenvalue weighted by Gasteiger charge is -2.30. The second kappa shape index (κ2) is 11.5. The van der Waals surface area contributed by atoms with Crippen LogP contribution >= 0.6 is 0 Å². The fourth-order valence-corrected chi connectivity index (χ4v) is 5.58. The maximum absolute atomic E-state index is 13.9. The summed E-state index contributed by atoms with van der Waals surface area (Å²) in [5, 5.41) is 3.15. The number of benzene rings is 2. The van der Waals surface area contributed by atoms with Gasteiger partial charge in [0.25, 0.3) is 11.8 Å². The summed E-state index contributed by atoms with van der Waals surface area (Å²) in [5.74, 6) is -0.0952. The van der Waals surface area contributed by atoms with E-state index in [1.807, 2.05) is 43.3 Å². The van der Waals surface area contributed by atoms with Crippen molar-refractivity contribution in [3.05, 3.63) is 77.5 Å². The van der Waals surface area contributed by atoms with Crippen LogP contribution in [0.2, 0.25) is 0 Å². The molecule has 3 heterocycles. The Morgan fingerprint density at radius 2 is 1.77 bits per heavy atom. The Kier molecular flexibility index (Phi) is 7.84. The first kappa shape index (κ1) is 27.3. The van der Waals surface area contributed by atoms with Gasteiger partial charge in [-0.1, -0.05) is 25.1 Å². The molecule has 2 aliphatic heterocycles. The molecule has 3 aromatic rings. The number of likely N-dealkylation sites (tertiary alicyclic amines) is 1. The predicted molar refractivity (Wildman–Crippen MR) is 156 cm³/mol. The van der Waals surface area contributed by atoms with Crippen molar-refractivity contribution in [1.82, 2.24) is 20.1 Å². The fourth-order valence-electron chi connectivity index (χ4n) is 5.58. The van der Waals surface area contributed by atoms with E-state index in [9.17, 15) is 14.4 Å². The molecule has 1 fully saturated rings. The highest BCUT2D eigenvalue weighted by atomic mass is 16.2. The van der Waals surface area contributed by atoms with Gasteiger partial charge < -0.3 is 25.8 Å². The molecule has 3 N–H and O–H groups in total. The maximum atomic E-state index is 13.9. The third-order valence-corrected chi connectivity index (χ3v) is 7.94. The summed E-state index contributed by atoms with van der Waals surface area (Å²) in [6.45, 7) is 4.04. The summed E-state index contributed by atoms with van der Waals surface area (Å²) in [6, 6.07) is 15.9. The van der Waals surface area contributed by atoms with Crippen LogP contribution in [0.25, 0.3) is 11.1 Å². The van der Waals surface area contributed by atoms with Crippen molar-refractivity contribution in [3.63, 3.8) is 0 Å². The van der Waals surface area contributed by atoms with E-state index in [0.29, 0.717) is 29.1 Å². The van der Waals surface area contributed by atoms with Crippen molar-refractivity contribution in [2.24, 2.45) is 0 Å². The molecule has 208 valence electrons. The van der Waals surface area contributed by atoms with E-state index in [2.05, 4.69) is 22.2 Å². The maximum Gasteiger partial charge on any atom is 0.256 e. The van der Waals surface area contributed by atoms with Crippen molar-refractivity contribution in [3.8, 4) is 11.1 Å². The molecule has 2 aliphatic rings. The van der Waals surface area contributed by atoms with Gasteiger partial charge in [0.1, 0.15) is 11.9 Å². The first-order chi connectivity index (χ1) is 19.2. The van der Waals surface area contributed by atoms with Gasteiger partial charge in [0.2, 0.25) is 5.91 Å². The highest BCUT2D eigenvalue weighted by molar-refractivity contribution is 6.11. The summed E-state index contributed by atoms with van der Waals surface area (Å²) in [4.78, 5) is 50.1. The molecular formula is C31H36N6O3. The van der Waals surface area contributed by atoms with Gasteiger partial charge in [-0.3, -0.25) is 14.4 Å². The topological polar surface area (TPSA) is 112 Å². The molecule has 0 radical (unpaired) electrons. The zero-order chi connectivity index (χ0) is 28.4. The number of piperidine rings is 1. The van der Waals surface area contributed by atoms with Crippen molar-refractivity contribution in [2.45, 2.75) is 44.8 Å². The van der Waals surface area contributed by atoms with Crippen molar-refractivity contribution in [1.29, 1.82) is 0 Å². The molecule has 3 amide bonds. The Labute approximate surface area is 235 Å². The van der Waals surface area contributed by atoms with E-state index >= 15 is 0 Å². The van der Waals surface area contributed by atoms with Crippen molar-refractivity contribution in [2.75, 3.05) is 37.8 Å². The van der Waals surface area contributed by atoms with Gasteiger partial charge in [-0.15, -0.1) is 0 Å². The Morgan fingerprint density at radius 3 is 2.50 bits per heavy atom. The van der Waals surface area contributed by atoms with Crippen LogP contribution < -0.4 is 16.0 Å². The second-order valence-corrected chi connectivity index (χ2v) is 10.7. The van der Waals surface area contributed by atoms with Crippen LogP contribution in [0.3, 0.4) is 0 Å². The van der Waals surface area contributed by atoms with Crippen LogP contribution in [0.1, 0.15) is 52.5 Å². The van der Waals surface area contributed by atoms with E-state index in [-0.39, 0.29) is 30.3 Å². The normalized spacial score (nSPS) is 18.4. The predicted octanol–water partition coefficient (Wildman–Crippen LogP) is 3.55. The van der Waals surface area contributed by atoms with Gasteiger partial charge in [0.15, 0.2) is 0 Å². The zero-order valence-electron chi connectivity index (χ0n) is 23.3. The van der Waals surface area contributed by atoms with Crippen LogP contribution in [0, 0.1) is 0 Å². The lowest BCUT2D eigenvalue weighted by atomic mass is 10.0. The summed E-state index contributed by atoms with van der Waals surface area (Å²) in [6.07, 6.45) is 3.95. The summed E-state index contributed by atoms with van der Waals surface area (Å²) >= 11 is 0. The number of pyridine rings is 1. The van der Waals surface area contributed by atoms with Crippen LogP contribution in [0.4, 0.5) is 11.5 Å². The summed E-state index contributed by atoms with van der Waals surface area (Å²) in [5.41, 5.74) is 9.92. The molecule has 0 spiro atoms. The Balaban J connectivity index is 1.41. The molecule has 40 heavy (non-hydrogen) atoms. The molecule has 1 atom stereocenters. The average molecular weight is 541 g/mol. The number of hydrogen-bond acceptors (Lipinski definition) is 6. The monoisotopic (exact) mass is 540 g/mol. The van der Waals surface area contributed by atoms with Gasteiger partial charge in [0, 0.05) is 31.4 Å². The number of carbonyl (C=O) groups excluding carboxylic acids is 3. The van der Waals surface area contributed by atoms with Gasteiger partial charge in [-0.05, 0) is 92.5 Å². The molecule has 9 heteroatoms. The quantitative estimate of drug-likeness (QED) is 0.495. The molecule has 0 aliphatic carbocycles. The zero-order valence-corrected chi connectivity index (χ0v) is 23.3. The summed E-state index contributed by atoms with van der Waals surface area (Å²) < 4.78 is 0. The van der Waals surface area contributed by atoms with Crippen LogP contribution in [0.5, 0.6) is 0 Å². The molecular weight excluding hydrogens is 504 g/mol. The number of nitrogens with one attached hydrogen (secondary N) is 1. The number of fused-ring (bicyclic) bond motifs is 1. The number of nitrogen functional groups attached to an aromatic ring is 1. The number of amides is 3. The average Bonchev–Trinajstić information content (AvgIpc) is 3.03. The van der Waals surface area contributed by atoms with Crippen molar-refractivity contribution >= 4 is 29.2 Å². The highest BCUT2D eigenvalue weighted by Crippen LogP contribution is 2.33. The number of hydrogen-bond donors (Lipinski definition) is 2. The molecule has 0 bridgehead atoms. The molecule has 2 aromatic carbocycles. The van der Waals surface area contributed by atoms with Crippen LogP contribution in [0.15, 0.2) is 60.8 Å². The number of nitrogens with two attached hydrogens (primary N) is 1. The summed E-state index contributed by atoms with van der Waals surface area (Å²) in [7, 11) is 3.80. The third-order valence-electron chi connectivity index (χ3n) is 7.94. The van der Waals surface area contributed by atoms with E-state index in [4.69, 9.17) is 5.73 Å². The number of likely N-dealkylation sites (N-methyl/N-ethyl adjacent to an activating group) is 1. The Bertz CT molecular complexity index is 1430. The van der Waals surface area contributed by atoms with Gasteiger partial charge >= 0.3 is 0 Å². The number of nitrogens with zero attached hydrogens (tertiary/aromatic N) is 4. The number of aromatic nitrogens is 1. The minimum Gasteiger partial charge on any atom is -0.384 e. The first-order valence-electron chi connectivity index (χ1n) is 13.8. The minimum absolute atomic E-state index is 0.115. The van der Waals surface area contributed by atoms with Crippen molar-refractivity contribution < 1.29 is 14.4 Å². The number of carbonyl (C=O) groups is 3. The SMILES string of the molecule is CC[C@@H]1C(=O)N(C)c2cc(-c3ccnc(N)c3)ccc2C(=O)N1Cc1cccc(C(=O)NC2CCN(C)CC2)c1. The molecule has 5 rings (SSSR count). The largest absolute Gasteiger partial charge is 0.384 e. The van der Waals surface area contributed by atoms with E-state index in [1.54, 1.807) is 41.2 Å². The molecule has 1 saturated heterocycles. The second-order valence-electron chi connectivity index (χ2n) is 10.7. The Hall–Kier alpha value is -4.24. The minimum atomic E-state index is -0.637. The van der Waals surface area contributed by atoms with Gasteiger partial charge in [-0.2, -0.15) is 0 Å². The van der Waals surface area contributed by atoms with E-state index in [0.717, 1.165) is 42.6 Å². The lowest BCUT2D eigenvalue weighted by Crippen LogP contribution is -2.46. The molecule has 0 saturated carbocycles. The number of rotatable bonds is 6. The van der Waals surface area contributed by atoms with E-state index < -0.39 is 6.04 Å².